The molecule has 0 radical (unpaired) electrons. The molecule has 3 rings (SSSR count). The maximum Gasteiger partial charge on any atom is 0.238 e. The van der Waals surface area contributed by atoms with Crippen molar-refractivity contribution < 1.29 is 14.4 Å². The first-order chi connectivity index (χ1) is 13.3. The van der Waals surface area contributed by atoms with Crippen LogP contribution in [0.1, 0.15) is 37.7 Å². The number of likely N-dealkylation sites (tertiary alicyclic amines) is 1. The molecule has 1 atom stereocenters. The van der Waals surface area contributed by atoms with E-state index in [9.17, 15) is 14.4 Å². The van der Waals surface area contributed by atoms with Gasteiger partial charge in [-0.1, -0.05) is 18.9 Å². The molecule has 1 unspecified atom stereocenters. The molecule has 3 amide bonds. The molecular weight excluding hydrogens is 356 g/mol. The number of nitrogens with zero attached hydrogens (tertiary/aromatic N) is 2. The summed E-state index contributed by atoms with van der Waals surface area (Å²) in [4.78, 5) is 40.8. The lowest BCUT2D eigenvalue weighted by Crippen LogP contribution is -2.35. The Morgan fingerprint density at radius 1 is 1.18 bits per heavy atom. The molecule has 1 saturated heterocycles. The standard InChI is InChI=1S/C21H30N4O3/c1-14-8-9-16(22-19(26)13-24(2)3)11-18(14)23-21(28)15-10-20(27)25(12-15)17-6-4-5-7-17/h8-9,11,15,17H,4-7,10,12-13H2,1-3H3,(H,22,26)(H,23,28). The zero-order valence-corrected chi connectivity index (χ0v) is 17.0. The maximum absolute atomic E-state index is 12.8. The van der Waals surface area contributed by atoms with Crippen LogP contribution in [0.4, 0.5) is 11.4 Å². The Morgan fingerprint density at radius 3 is 2.57 bits per heavy atom. The van der Waals surface area contributed by atoms with Crippen molar-refractivity contribution in [1.82, 2.24) is 9.80 Å². The predicted octanol–water partition coefficient (Wildman–Crippen LogP) is 2.22. The number of hydrogen-bond donors (Lipinski definition) is 2. The summed E-state index contributed by atoms with van der Waals surface area (Å²) in [6.07, 6.45) is 4.70. The van der Waals surface area contributed by atoms with Gasteiger partial charge in [0.2, 0.25) is 17.7 Å². The smallest absolute Gasteiger partial charge is 0.238 e. The van der Waals surface area contributed by atoms with Crippen molar-refractivity contribution in [2.24, 2.45) is 5.92 Å². The second-order valence-electron chi connectivity index (χ2n) is 8.19. The van der Waals surface area contributed by atoms with E-state index >= 15 is 0 Å². The summed E-state index contributed by atoms with van der Waals surface area (Å²) in [6, 6.07) is 5.76. The monoisotopic (exact) mass is 386 g/mol. The van der Waals surface area contributed by atoms with Crippen molar-refractivity contribution in [3.8, 4) is 0 Å². The van der Waals surface area contributed by atoms with Gasteiger partial charge in [-0.25, -0.2) is 0 Å². The van der Waals surface area contributed by atoms with Gasteiger partial charge in [0.15, 0.2) is 0 Å². The third-order valence-corrected chi connectivity index (χ3v) is 5.53. The second-order valence-corrected chi connectivity index (χ2v) is 8.19. The van der Waals surface area contributed by atoms with E-state index in [1.54, 1.807) is 11.0 Å². The molecular formula is C21H30N4O3. The fourth-order valence-corrected chi connectivity index (χ4v) is 4.03. The Hall–Kier alpha value is -2.41. The molecule has 2 fully saturated rings. The molecule has 0 bridgehead atoms. The van der Waals surface area contributed by atoms with Crippen LogP contribution in [-0.2, 0) is 14.4 Å². The average molecular weight is 386 g/mol. The molecule has 1 saturated carbocycles. The van der Waals surface area contributed by atoms with Crippen LogP contribution in [0.15, 0.2) is 18.2 Å². The third-order valence-electron chi connectivity index (χ3n) is 5.53. The molecule has 2 N–H and O–H groups in total. The van der Waals surface area contributed by atoms with E-state index in [-0.39, 0.29) is 36.6 Å². The zero-order chi connectivity index (χ0) is 20.3. The van der Waals surface area contributed by atoms with Crippen molar-refractivity contribution in [3.05, 3.63) is 23.8 Å². The lowest BCUT2D eigenvalue weighted by atomic mass is 10.1. The van der Waals surface area contributed by atoms with Gasteiger partial charge in [0.25, 0.3) is 0 Å². The summed E-state index contributed by atoms with van der Waals surface area (Å²) in [5.74, 6) is -0.471. The summed E-state index contributed by atoms with van der Waals surface area (Å²) < 4.78 is 0. The van der Waals surface area contributed by atoms with Crippen molar-refractivity contribution in [2.75, 3.05) is 37.8 Å². The van der Waals surface area contributed by atoms with Gasteiger partial charge in [-0.15, -0.1) is 0 Å². The van der Waals surface area contributed by atoms with E-state index in [0.29, 0.717) is 24.0 Å². The number of benzene rings is 1. The van der Waals surface area contributed by atoms with Crippen LogP contribution in [-0.4, -0.2) is 60.7 Å². The first kappa shape index (κ1) is 20.3. The van der Waals surface area contributed by atoms with Gasteiger partial charge in [-0.3, -0.25) is 14.4 Å². The Kier molecular flexibility index (Phi) is 6.34. The lowest BCUT2D eigenvalue weighted by Gasteiger charge is -2.24. The van der Waals surface area contributed by atoms with E-state index in [1.165, 1.54) is 0 Å². The summed E-state index contributed by atoms with van der Waals surface area (Å²) in [5, 5.41) is 5.80. The summed E-state index contributed by atoms with van der Waals surface area (Å²) >= 11 is 0. The van der Waals surface area contributed by atoms with Crippen LogP contribution >= 0.6 is 0 Å². The highest BCUT2D eigenvalue weighted by molar-refractivity contribution is 5.99. The van der Waals surface area contributed by atoms with Gasteiger partial charge in [0.1, 0.15) is 0 Å². The number of carbonyl (C=O) groups excluding carboxylic acids is 3. The third kappa shape index (κ3) is 4.90. The van der Waals surface area contributed by atoms with Crippen LogP contribution in [0, 0.1) is 12.8 Å². The average Bonchev–Trinajstić information content (AvgIpc) is 3.26. The molecule has 28 heavy (non-hydrogen) atoms. The highest BCUT2D eigenvalue weighted by atomic mass is 16.2. The van der Waals surface area contributed by atoms with Gasteiger partial charge in [0.05, 0.1) is 12.5 Å². The van der Waals surface area contributed by atoms with E-state index in [1.807, 2.05) is 38.1 Å². The molecule has 7 heteroatoms. The van der Waals surface area contributed by atoms with Gasteiger partial charge in [-0.2, -0.15) is 0 Å². The number of amides is 3. The Labute approximate surface area is 166 Å². The number of rotatable bonds is 6. The summed E-state index contributed by atoms with van der Waals surface area (Å²) in [6.45, 7) is 2.70. The SMILES string of the molecule is Cc1ccc(NC(=O)CN(C)C)cc1NC(=O)C1CC(=O)N(C2CCCC2)C1. The van der Waals surface area contributed by atoms with Crippen molar-refractivity contribution in [3.63, 3.8) is 0 Å². The number of anilines is 2. The van der Waals surface area contributed by atoms with Crippen LogP contribution in [0.5, 0.6) is 0 Å². The van der Waals surface area contributed by atoms with Crippen LogP contribution in [0.25, 0.3) is 0 Å². The van der Waals surface area contributed by atoms with E-state index < -0.39 is 0 Å². The van der Waals surface area contributed by atoms with Crippen molar-refractivity contribution in [1.29, 1.82) is 0 Å². The molecule has 1 heterocycles. The quantitative estimate of drug-likeness (QED) is 0.786. The summed E-state index contributed by atoms with van der Waals surface area (Å²) in [5.41, 5.74) is 2.22. The van der Waals surface area contributed by atoms with E-state index in [2.05, 4.69) is 10.6 Å². The molecule has 0 spiro atoms. The molecule has 0 aromatic heterocycles. The highest BCUT2D eigenvalue weighted by Crippen LogP contribution is 2.30. The maximum atomic E-state index is 12.8. The van der Waals surface area contributed by atoms with Crippen molar-refractivity contribution in [2.45, 2.75) is 45.1 Å². The normalized spacial score (nSPS) is 20.1. The zero-order valence-electron chi connectivity index (χ0n) is 17.0. The number of carbonyl (C=O) groups is 3. The Balaban J connectivity index is 1.62. The molecule has 7 nitrogen and oxygen atoms in total. The van der Waals surface area contributed by atoms with Gasteiger partial charge in [-0.05, 0) is 51.6 Å². The Bertz CT molecular complexity index is 756. The lowest BCUT2D eigenvalue weighted by molar-refractivity contribution is -0.130. The fourth-order valence-electron chi connectivity index (χ4n) is 4.03. The van der Waals surface area contributed by atoms with Crippen LogP contribution < -0.4 is 10.6 Å². The number of nitrogens with one attached hydrogen (secondary N) is 2. The molecule has 1 aromatic carbocycles. The number of aryl methyl sites for hydroxylation is 1. The second kappa shape index (κ2) is 8.73. The molecule has 2 aliphatic rings. The number of hydrogen-bond acceptors (Lipinski definition) is 4. The molecule has 152 valence electrons. The first-order valence-electron chi connectivity index (χ1n) is 9.99. The van der Waals surface area contributed by atoms with E-state index in [4.69, 9.17) is 0 Å². The first-order valence-corrected chi connectivity index (χ1v) is 9.99. The van der Waals surface area contributed by atoms with Crippen LogP contribution in [0.2, 0.25) is 0 Å². The fraction of sp³-hybridized carbons (Fsp3) is 0.571. The molecule has 1 aliphatic carbocycles. The number of likely N-dealkylation sites (N-methyl/N-ethyl adjacent to an activating group) is 1. The summed E-state index contributed by atoms with van der Waals surface area (Å²) in [7, 11) is 3.66. The largest absolute Gasteiger partial charge is 0.339 e. The van der Waals surface area contributed by atoms with Crippen molar-refractivity contribution >= 4 is 29.1 Å². The van der Waals surface area contributed by atoms with Crippen LogP contribution in [0.3, 0.4) is 0 Å². The predicted molar refractivity (Wildman–Crippen MR) is 109 cm³/mol. The van der Waals surface area contributed by atoms with E-state index in [0.717, 1.165) is 31.2 Å². The minimum absolute atomic E-state index is 0.0912. The Morgan fingerprint density at radius 2 is 1.89 bits per heavy atom. The minimum Gasteiger partial charge on any atom is -0.339 e. The molecule has 1 aromatic rings. The molecule has 1 aliphatic heterocycles. The highest BCUT2D eigenvalue weighted by Gasteiger charge is 2.38. The van der Waals surface area contributed by atoms with Gasteiger partial charge in [0, 0.05) is 30.4 Å². The van der Waals surface area contributed by atoms with Gasteiger partial charge >= 0.3 is 0 Å². The van der Waals surface area contributed by atoms with Gasteiger partial charge < -0.3 is 20.4 Å². The topological polar surface area (TPSA) is 81.8 Å². The minimum atomic E-state index is -0.320.